The van der Waals surface area contributed by atoms with Gasteiger partial charge in [0.05, 0.1) is 18.2 Å². The van der Waals surface area contributed by atoms with Crippen LogP contribution in [0.25, 0.3) is 0 Å². The molecule has 7 heteroatoms. The van der Waals surface area contributed by atoms with Gasteiger partial charge in [0.1, 0.15) is 17.4 Å². The molecule has 0 unspecified atom stereocenters. The molecule has 3 rings (SSSR count). The first-order valence-electron chi connectivity index (χ1n) is 8.49. The number of benzene rings is 1. The molecule has 0 spiro atoms. The molecule has 2 aromatic rings. The number of carbonyl (C=O) groups excluding carboxylic acids is 1. The number of aliphatic hydroxyl groups excluding tert-OH is 1. The number of pyridine rings is 1. The maximum Gasteiger partial charge on any atom is 0.303 e. The summed E-state index contributed by atoms with van der Waals surface area (Å²) in [5.74, 6) is 0.0205. The second kappa shape index (κ2) is 6.89. The van der Waals surface area contributed by atoms with Gasteiger partial charge >= 0.3 is 5.97 Å². The summed E-state index contributed by atoms with van der Waals surface area (Å²) in [6.07, 6.45) is 0.758. The van der Waals surface area contributed by atoms with Crippen LogP contribution in [0.3, 0.4) is 0 Å². The fourth-order valence-corrected chi connectivity index (χ4v) is 3.37. The van der Waals surface area contributed by atoms with Gasteiger partial charge in [-0.05, 0) is 43.7 Å². The van der Waals surface area contributed by atoms with E-state index in [1.807, 2.05) is 0 Å². The first-order valence-corrected chi connectivity index (χ1v) is 8.49. The number of rotatable bonds is 3. The van der Waals surface area contributed by atoms with Crippen LogP contribution in [0.2, 0.25) is 0 Å². The fourth-order valence-electron chi connectivity index (χ4n) is 3.37. The summed E-state index contributed by atoms with van der Waals surface area (Å²) in [5.41, 5.74) is 0.210. The van der Waals surface area contributed by atoms with Crippen molar-refractivity contribution in [3.05, 3.63) is 63.6 Å². The Morgan fingerprint density at radius 1 is 1.37 bits per heavy atom. The number of hydrogen-bond donors (Lipinski definition) is 1. The third-order valence-corrected chi connectivity index (χ3v) is 4.59. The van der Waals surface area contributed by atoms with Crippen LogP contribution in [0.1, 0.15) is 43.5 Å². The molecule has 1 aliphatic rings. The van der Waals surface area contributed by atoms with Crippen LogP contribution in [0, 0.1) is 11.3 Å². The van der Waals surface area contributed by atoms with Crippen LogP contribution in [-0.4, -0.2) is 27.3 Å². The zero-order chi connectivity index (χ0) is 19.8. The smallest absolute Gasteiger partial charge is 0.303 e. The summed E-state index contributed by atoms with van der Waals surface area (Å²) in [5, 5.41) is 18.5. The van der Waals surface area contributed by atoms with Crippen molar-refractivity contribution < 1.29 is 19.4 Å². The van der Waals surface area contributed by atoms with E-state index < -0.39 is 23.7 Å². The largest absolute Gasteiger partial charge is 0.484 e. The molecule has 2 heterocycles. The molecule has 0 bridgehead atoms. The topological polar surface area (TPSA) is 102 Å². The molecule has 1 aliphatic heterocycles. The third-order valence-electron chi connectivity index (χ3n) is 4.59. The van der Waals surface area contributed by atoms with Crippen molar-refractivity contribution in [3.8, 4) is 11.8 Å². The van der Waals surface area contributed by atoms with Crippen LogP contribution >= 0.6 is 0 Å². The monoisotopic (exact) mass is 368 g/mol. The Morgan fingerprint density at radius 2 is 2.11 bits per heavy atom. The van der Waals surface area contributed by atoms with Gasteiger partial charge < -0.3 is 19.1 Å². The van der Waals surface area contributed by atoms with Crippen molar-refractivity contribution in [2.45, 2.75) is 45.1 Å². The standard InChI is InChI=1S/C20H20N2O5/c1-12(24)26-19-18(22-7-6-14(11-23)9-17(22)25)15-8-13(10-21)4-5-16(15)27-20(19,2)3/h4-9,18-19,23H,11H2,1-3H3/t18-,19+/m0/s1. The molecule has 1 N–H and O–H groups in total. The number of carbonyl (C=O) groups is 1. The summed E-state index contributed by atoms with van der Waals surface area (Å²) >= 11 is 0. The van der Waals surface area contributed by atoms with Crippen molar-refractivity contribution in [2.75, 3.05) is 0 Å². The summed E-state index contributed by atoms with van der Waals surface area (Å²) in [6.45, 7) is 4.60. The zero-order valence-electron chi connectivity index (χ0n) is 15.3. The van der Waals surface area contributed by atoms with E-state index in [4.69, 9.17) is 9.47 Å². The van der Waals surface area contributed by atoms with Gasteiger partial charge in [-0.2, -0.15) is 5.26 Å². The number of nitrogens with zero attached hydrogens (tertiary/aromatic N) is 2. The highest BCUT2D eigenvalue weighted by atomic mass is 16.6. The summed E-state index contributed by atoms with van der Waals surface area (Å²) in [6, 6.07) is 9.31. The number of aliphatic hydroxyl groups is 1. The van der Waals surface area contributed by atoms with E-state index in [0.717, 1.165) is 0 Å². The maximum absolute atomic E-state index is 12.7. The minimum absolute atomic E-state index is 0.252. The molecule has 0 amide bonds. The van der Waals surface area contributed by atoms with E-state index in [1.54, 1.807) is 44.3 Å². The highest BCUT2D eigenvalue weighted by Crippen LogP contribution is 2.43. The van der Waals surface area contributed by atoms with E-state index in [9.17, 15) is 20.0 Å². The van der Waals surface area contributed by atoms with Gasteiger partial charge in [0, 0.05) is 24.8 Å². The van der Waals surface area contributed by atoms with Gasteiger partial charge in [0.25, 0.3) is 5.56 Å². The van der Waals surface area contributed by atoms with E-state index >= 15 is 0 Å². The van der Waals surface area contributed by atoms with Gasteiger partial charge in [-0.1, -0.05) is 0 Å². The number of esters is 1. The quantitative estimate of drug-likeness (QED) is 0.831. The fraction of sp³-hybridized carbons (Fsp3) is 0.350. The van der Waals surface area contributed by atoms with E-state index in [2.05, 4.69) is 6.07 Å². The van der Waals surface area contributed by atoms with Crippen LogP contribution < -0.4 is 10.3 Å². The summed E-state index contributed by atoms with van der Waals surface area (Å²) in [7, 11) is 0. The normalized spacial score (nSPS) is 20.1. The lowest BCUT2D eigenvalue weighted by Gasteiger charge is -2.44. The molecule has 1 aromatic carbocycles. The Labute approximate surface area is 156 Å². The Balaban J connectivity index is 2.26. The molecule has 1 aromatic heterocycles. The minimum Gasteiger partial charge on any atom is -0.484 e. The molecule has 2 atom stereocenters. The summed E-state index contributed by atoms with van der Waals surface area (Å²) in [4.78, 5) is 24.5. The Kier molecular flexibility index (Phi) is 4.77. The third kappa shape index (κ3) is 3.44. The van der Waals surface area contributed by atoms with E-state index in [0.29, 0.717) is 22.4 Å². The number of fused-ring (bicyclic) bond motifs is 1. The van der Waals surface area contributed by atoms with Gasteiger partial charge in [-0.3, -0.25) is 9.59 Å². The van der Waals surface area contributed by atoms with Crippen molar-refractivity contribution in [2.24, 2.45) is 0 Å². The van der Waals surface area contributed by atoms with Crippen molar-refractivity contribution >= 4 is 5.97 Å². The average molecular weight is 368 g/mol. The van der Waals surface area contributed by atoms with Crippen molar-refractivity contribution in [1.29, 1.82) is 5.26 Å². The maximum atomic E-state index is 12.7. The lowest BCUT2D eigenvalue weighted by atomic mass is 9.85. The van der Waals surface area contributed by atoms with Crippen LogP contribution in [0.15, 0.2) is 41.3 Å². The molecule has 7 nitrogen and oxygen atoms in total. The molecule has 0 fully saturated rings. The van der Waals surface area contributed by atoms with E-state index in [-0.39, 0.29) is 12.2 Å². The molecule has 0 radical (unpaired) electrons. The molecule has 140 valence electrons. The number of ether oxygens (including phenoxy) is 2. The second-order valence-electron chi connectivity index (χ2n) is 6.98. The second-order valence-corrected chi connectivity index (χ2v) is 6.98. The predicted molar refractivity (Wildman–Crippen MR) is 96.2 cm³/mol. The average Bonchev–Trinajstić information content (AvgIpc) is 2.62. The predicted octanol–water partition coefficient (Wildman–Crippen LogP) is 1.90. The zero-order valence-corrected chi connectivity index (χ0v) is 15.3. The van der Waals surface area contributed by atoms with Gasteiger partial charge in [0.2, 0.25) is 0 Å². The molecule has 0 aliphatic carbocycles. The Morgan fingerprint density at radius 3 is 2.70 bits per heavy atom. The van der Waals surface area contributed by atoms with Crippen LogP contribution in [0.4, 0.5) is 0 Å². The number of aromatic nitrogens is 1. The van der Waals surface area contributed by atoms with Gasteiger partial charge in [0.15, 0.2) is 6.10 Å². The lowest BCUT2D eigenvalue weighted by Crippen LogP contribution is -2.54. The van der Waals surface area contributed by atoms with Crippen LogP contribution in [-0.2, 0) is 16.1 Å². The van der Waals surface area contributed by atoms with Crippen molar-refractivity contribution in [1.82, 2.24) is 4.57 Å². The molecule has 27 heavy (non-hydrogen) atoms. The SMILES string of the molecule is CC(=O)O[C@@H]1[C@@H](n2ccc(CO)cc2=O)c2cc(C#N)ccc2OC1(C)C. The van der Waals surface area contributed by atoms with Crippen molar-refractivity contribution in [3.63, 3.8) is 0 Å². The first-order chi connectivity index (χ1) is 12.8. The molecular formula is C20H20N2O5. The molecule has 0 saturated carbocycles. The molecular weight excluding hydrogens is 348 g/mol. The Hall–Kier alpha value is -3.11. The van der Waals surface area contributed by atoms with E-state index in [1.165, 1.54) is 17.6 Å². The highest BCUT2D eigenvalue weighted by Gasteiger charge is 2.47. The first kappa shape index (κ1) is 18.7. The summed E-state index contributed by atoms with van der Waals surface area (Å²) < 4.78 is 13.0. The minimum atomic E-state index is -0.910. The number of hydrogen-bond acceptors (Lipinski definition) is 6. The van der Waals surface area contributed by atoms with Crippen LogP contribution in [0.5, 0.6) is 5.75 Å². The lowest BCUT2D eigenvalue weighted by molar-refractivity contribution is -0.163. The highest BCUT2D eigenvalue weighted by molar-refractivity contribution is 5.66. The Bertz CT molecular complexity index is 987. The van der Waals surface area contributed by atoms with Gasteiger partial charge in [-0.15, -0.1) is 0 Å². The number of nitriles is 1. The molecule has 0 saturated heterocycles. The van der Waals surface area contributed by atoms with Gasteiger partial charge in [-0.25, -0.2) is 0 Å².